The molecule has 1 N–H and O–H groups in total. The van der Waals surface area contributed by atoms with Gasteiger partial charge in [0.25, 0.3) is 5.91 Å². The second-order valence-corrected chi connectivity index (χ2v) is 6.35. The van der Waals surface area contributed by atoms with Gasteiger partial charge in [0.15, 0.2) is 6.10 Å². The largest absolute Gasteiger partial charge is 0.480 e. The number of rotatable bonds is 4. The van der Waals surface area contributed by atoms with Crippen molar-refractivity contribution in [2.45, 2.75) is 39.3 Å². The van der Waals surface area contributed by atoms with E-state index in [1.165, 1.54) is 0 Å². The number of aryl methyl sites for hydroxylation is 1. The van der Waals surface area contributed by atoms with Gasteiger partial charge in [-0.25, -0.2) is 0 Å². The molecule has 0 saturated carbocycles. The number of pyridine rings is 1. The van der Waals surface area contributed by atoms with Crippen LogP contribution < -0.4 is 10.1 Å². The minimum Gasteiger partial charge on any atom is -0.480 e. The molecule has 4 heteroatoms. The summed E-state index contributed by atoms with van der Waals surface area (Å²) in [4.78, 5) is 17.1. The van der Waals surface area contributed by atoms with Crippen LogP contribution in [0.1, 0.15) is 36.7 Å². The highest BCUT2D eigenvalue weighted by atomic mass is 16.5. The van der Waals surface area contributed by atoms with Crippen LogP contribution in [0.15, 0.2) is 42.6 Å². The van der Waals surface area contributed by atoms with Crippen molar-refractivity contribution in [2.75, 3.05) is 0 Å². The number of ether oxygens (including phenoxy) is 1. The standard InChI is InChI=1S/C19H22N2O2/c1-12(2)17(18-13(3)7-6-10-20-18)21-19(22)16-11-14-8-4-5-9-15(14)23-16/h4-10,12,16-17H,11H2,1-3H3,(H,21,22)/t16-,17+/m1/s1. The van der Waals surface area contributed by atoms with E-state index >= 15 is 0 Å². The molecule has 3 rings (SSSR count). The number of amides is 1. The molecule has 0 spiro atoms. The van der Waals surface area contributed by atoms with Gasteiger partial charge in [0.1, 0.15) is 5.75 Å². The molecule has 1 aromatic carbocycles. The van der Waals surface area contributed by atoms with Crippen molar-refractivity contribution in [3.05, 3.63) is 59.4 Å². The monoisotopic (exact) mass is 310 g/mol. The average molecular weight is 310 g/mol. The number of carbonyl (C=O) groups is 1. The fraction of sp³-hybridized carbons (Fsp3) is 0.368. The second-order valence-electron chi connectivity index (χ2n) is 6.35. The molecule has 0 fully saturated rings. The molecule has 0 aliphatic carbocycles. The zero-order valence-electron chi connectivity index (χ0n) is 13.7. The van der Waals surface area contributed by atoms with Gasteiger partial charge in [0, 0.05) is 12.6 Å². The number of aromatic nitrogens is 1. The molecule has 120 valence electrons. The maximum atomic E-state index is 12.6. The lowest BCUT2D eigenvalue weighted by Crippen LogP contribution is -2.41. The van der Waals surface area contributed by atoms with E-state index in [0.717, 1.165) is 22.6 Å². The van der Waals surface area contributed by atoms with Crippen molar-refractivity contribution in [3.8, 4) is 5.75 Å². The number of fused-ring (bicyclic) bond motifs is 1. The zero-order valence-corrected chi connectivity index (χ0v) is 13.7. The Labute approximate surface area is 136 Å². The molecule has 0 unspecified atom stereocenters. The number of carbonyl (C=O) groups excluding carboxylic acids is 1. The van der Waals surface area contributed by atoms with Gasteiger partial charge < -0.3 is 10.1 Å². The number of nitrogens with zero attached hydrogens (tertiary/aromatic N) is 1. The predicted octanol–water partition coefficient (Wildman–Crippen LogP) is 3.21. The normalized spacial score (nSPS) is 17.5. The van der Waals surface area contributed by atoms with Crippen LogP contribution in [0, 0.1) is 12.8 Å². The number of para-hydroxylation sites is 1. The number of hydrogen-bond donors (Lipinski definition) is 1. The van der Waals surface area contributed by atoms with Crippen molar-refractivity contribution < 1.29 is 9.53 Å². The van der Waals surface area contributed by atoms with E-state index in [2.05, 4.69) is 24.1 Å². The number of nitrogens with one attached hydrogen (secondary N) is 1. The van der Waals surface area contributed by atoms with Crippen molar-refractivity contribution >= 4 is 5.91 Å². The molecular formula is C19H22N2O2. The number of benzene rings is 1. The molecule has 1 aromatic heterocycles. The van der Waals surface area contributed by atoms with Crippen molar-refractivity contribution in [1.29, 1.82) is 0 Å². The summed E-state index contributed by atoms with van der Waals surface area (Å²) in [6.07, 6.45) is 1.93. The lowest BCUT2D eigenvalue weighted by Gasteiger charge is -2.24. The van der Waals surface area contributed by atoms with Crippen LogP contribution in [0.3, 0.4) is 0 Å². The third-order valence-corrected chi connectivity index (χ3v) is 4.25. The molecule has 23 heavy (non-hydrogen) atoms. The maximum Gasteiger partial charge on any atom is 0.261 e. The predicted molar refractivity (Wildman–Crippen MR) is 89.3 cm³/mol. The molecule has 2 aromatic rings. The van der Waals surface area contributed by atoms with Crippen LogP contribution in [0.2, 0.25) is 0 Å². The fourth-order valence-corrected chi connectivity index (χ4v) is 2.95. The molecule has 0 radical (unpaired) electrons. The summed E-state index contributed by atoms with van der Waals surface area (Å²) in [6, 6.07) is 11.6. The van der Waals surface area contributed by atoms with Gasteiger partial charge in [-0.3, -0.25) is 9.78 Å². The Bertz CT molecular complexity index is 687. The second kappa shape index (κ2) is 6.41. The van der Waals surface area contributed by atoms with E-state index in [0.29, 0.717) is 6.42 Å². The molecule has 1 amide bonds. The van der Waals surface area contributed by atoms with Crippen LogP contribution in [0.5, 0.6) is 5.75 Å². The van der Waals surface area contributed by atoms with Gasteiger partial charge in [0.2, 0.25) is 0 Å². The van der Waals surface area contributed by atoms with Crippen molar-refractivity contribution in [2.24, 2.45) is 5.92 Å². The first-order valence-corrected chi connectivity index (χ1v) is 8.02. The van der Waals surface area contributed by atoms with E-state index in [-0.39, 0.29) is 17.9 Å². The fourth-order valence-electron chi connectivity index (χ4n) is 2.95. The van der Waals surface area contributed by atoms with E-state index in [1.54, 1.807) is 6.20 Å². The maximum absolute atomic E-state index is 12.6. The highest BCUT2D eigenvalue weighted by Gasteiger charge is 2.31. The van der Waals surface area contributed by atoms with Crippen LogP contribution in [-0.2, 0) is 11.2 Å². The van der Waals surface area contributed by atoms with Crippen molar-refractivity contribution in [1.82, 2.24) is 10.3 Å². The Balaban J connectivity index is 1.75. The Morgan fingerprint density at radius 2 is 2.04 bits per heavy atom. The van der Waals surface area contributed by atoms with Crippen LogP contribution in [0.25, 0.3) is 0 Å². The number of hydrogen-bond acceptors (Lipinski definition) is 3. The van der Waals surface area contributed by atoms with E-state index < -0.39 is 6.10 Å². The molecular weight excluding hydrogens is 288 g/mol. The first kappa shape index (κ1) is 15.5. The minimum absolute atomic E-state index is 0.0787. The molecule has 4 nitrogen and oxygen atoms in total. The molecule has 2 heterocycles. The first-order valence-electron chi connectivity index (χ1n) is 8.02. The Morgan fingerprint density at radius 1 is 1.26 bits per heavy atom. The summed E-state index contributed by atoms with van der Waals surface area (Å²) in [6.45, 7) is 6.19. The highest BCUT2D eigenvalue weighted by molar-refractivity contribution is 5.83. The van der Waals surface area contributed by atoms with E-state index in [9.17, 15) is 4.79 Å². The van der Waals surface area contributed by atoms with Crippen molar-refractivity contribution in [3.63, 3.8) is 0 Å². The first-order chi connectivity index (χ1) is 11.1. The topological polar surface area (TPSA) is 51.2 Å². The average Bonchev–Trinajstić information content (AvgIpc) is 2.97. The van der Waals surface area contributed by atoms with Gasteiger partial charge in [-0.05, 0) is 36.1 Å². The Morgan fingerprint density at radius 3 is 2.74 bits per heavy atom. The zero-order chi connectivity index (χ0) is 16.4. The van der Waals surface area contributed by atoms with E-state index in [4.69, 9.17) is 4.74 Å². The summed E-state index contributed by atoms with van der Waals surface area (Å²) < 4.78 is 5.78. The molecule has 0 saturated heterocycles. The lowest BCUT2D eigenvalue weighted by molar-refractivity contribution is -0.128. The smallest absolute Gasteiger partial charge is 0.261 e. The van der Waals surface area contributed by atoms with Crippen LogP contribution in [0.4, 0.5) is 0 Å². The van der Waals surface area contributed by atoms with Gasteiger partial charge in [-0.1, -0.05) is 38.1 Å². The Hall–Kier alpha value is -2.36. The summed E-state index contributed by atoms with van der Waals surface area (Å²) in [7, 11) is 0. The quantitative estimate of drug-likeness (QED) is 0.943. The van der Waals surface area contributed by atoms with Crippen LogP contribution in [-0.4, -0.2) is 17.0 Å². The highest BCUT2D eigenvalue weighted by Crippen LogP contribution is 2.29. The Kier molecular flexibility index (Phi) is 4.33. The summed E-state index contributed by atoms with van der Waals surface area (Å²) in [5.74, 6) is 0.976. The summed E-state index contributed by atoms with van der Waals surface area (Å²) in [5, 5.41) is 3.12. The minimum atomic E-state index is -0.460. The van der Waals surface area contributed by atoms with Gasteiger partial charge in [-0.2, -0.15) is 0 Å². The molecule has 2 atom stereocenters. The van der Waals surface area contributed by atoms with E-state index in [1.807, 2.05) is 43.3 Å². The molecule has 1 aliphatic rings. The molecule has 1 aliphatic heterocycles. The summed E-state index contributed by atoms with van der Waals surface area (Å²) in [5.41, 5.74) is 3.09. The van der Waals surface area contributed by atoms with Gasteiger partial charge in [-0.15, -0.1) is 0 Å². The SMILES string of the molecule is Cc1cccnc1[C@@H](NC(=O)[C@H]1Cc2ccccc2O1)C(C)C. The van der Waals surface area contributed by atoms with Crippen LogP contribution >= 0.6 is 0 Å². The summed E-state index contributed by atoms with van der Waals surface area (Å²) >= 11 is 0. The third kappa shape index (κ3) is 3.21. The lowest BCUT2D eigenvalue weighted by atomic mass is 9.97. The van der Waals surface area contributed by atoms with Gasteiger partial charge in [0.05, 0.1) is 11.7 Å². The molecule has 0 bridgehead atoms. The third-order valence-electron chi connectivity index (χ3n) is 4.25. The van der Waals surface area contributed by atoms with Gasteiger partial charge >= 0.3 is 0 Å².